The lowest BCUT2D eigenvalue weighted by atomic mass is 10.0. The summed E-state index contributed by atoms with van der Waals surface area (Å²) in [5, 5.41) is 0. The Morgan fingerprint density at radius 3 is 2.50 bits per heavy atom. The maximum atomic E-state index is 13.3. The first-order valence-electron chi connectivity index (χ1n) is 3.61. The van der Waals surface area contributed by atoms with Crippen LogP contribution < -0.4 is 5.73 Å². The van der Waals surface area contributed by atoms with Gasteiger partial charge in [0.2, 0.25) is 0 Å². The Labute approximate surface area is 83.9 Å². The molecule has 1 aromatic rings. The topological polar surface area (TPSA) is 26.0 Å². The fourth-order valence-electron chi connectivity index (χ4n) is 0.834. The van der Waals surface area contributed by atoms with Gasteiger partial charge >= 0.3 is 0 Å². The van der Waals surface area contributed by atoms with E-state index in [4.69, 9.17) is 5.73 Å². The standard InChI is InChI=1S/C8H11BrFNS/c1-8(2,10)7(11)5-3-4-6(9)12-5/h3-4,7H,11H2,1-2H3. The lowest BCUT2D eigenvalue weighted by Gasteiger charge is -2.21. The van der Waals surface area contributed by atoms with Gasteiger partial charge in [0, 0.05) is 4.88 Å². The molecule has 0 aliphatic carbocycles. The molecule has 1 aromatic heterocycles. The molecule has 1 atom stereocenters. The molecule has 1 nitrogen and oxygen atoms in total. The van der Waals surface area contributed by atoms with Crippen molar-refractivity contribution in [2.75, 3.05) is 0 Å². The summed E-state index contributed by atoms with van der Waals surface area (Å²) in [7, 11) is 0. The van der Waals surface area contributed by atoms with Crippen molar-refractivity contribution in [2.24, 2.45) is 5.73 Å². The van der Waals surface area contributed by atoms with Crippen LogP contribution in [0.2, 0.25) is 0 Å². The van der Waals surface area contributed by atoms with Crippen molar-refractivity contribution >= 4 is 27.3 Å². The van der Waals surface area contributed by atoms with E-state index in [1.54, 1.807) is 0 Å². The summed E-state index contributed by atoms with van der Waals surface area (Å²) in [6.07, 6.45) is 0. The number of thiophene rings is 1. The summed E-state index contributed by atoms with van der Waals surface area (Å²) in [5.74, 6) is 0. The van der Waals surface area contributed by atoms with Crippen molar-refractivity contribution in [1.82, 2.24) is 0 Å². The number of hydrogen-bond donors (Lipinski definition) is 1. The zero-order chi connectivity index (χ0) is 9.35. The molecule has 0 bridgehead atoms. The molecule has 4 heteroatoms. The molecule has 0 aromatic carbocycles. The van der Waals surface area contributed by atoms with Gasteiger partial charge in [-0.15, -0.1) is 11.3 Å². The lowest BCUT2D eigenvalue weighted by Crippen LogP contribution is -2.30. The molecule has 12 heavy (non-hydrogen) atoms. The predicted octanol–water partition coefficient (Wildman–Crippen LogP) is 3.26. The molecule has 1 heterocycles. The maximum Gasteiger partial charge on any atom is 0.125 e. The first kappa shape index (κ1) is 10.2. The summed E-state index contributed by atoms with van der Waals surface area (Å²) in [6.45, 7) is 2.98. The molecule has 0 saturated heterocycles. The van der Waals surface area contributed by atoms with E-state index < -0.39 is 11.7 Å². The molecule has 2 N–H and O–H groups in total. The zero-order valence-electron chi connectivity index (χ0n) is 6.97. The lowest BCUT2D eigenvalue weighted by molar-refractivity contribution is 0.176. The monoisotopic (exact) mass is 251 g/mol. The fraction of sp³-hybridized carbons (Fsp3) is 0.500. The Morgan fingerprint density at radius 2 is 2.17 bits per heavy atom. The molecular weight excluding hydrogens is 241 g/mol. The number of rotatable bonds is 2. The van der Waals surface area contributed by atoms with E-state index in [1.807, 2.05) is 12.1 Å². The average Bonchev–Trinajstić information content (AvgIpc) is 2.32. The Hall–Kier alpha value is 0.0700. The number of nitrogens with two attached hydrogens (primary N) is 1. The highest BCUT2D eigenvalue weighted by molar-refractivity contribution is 9.11. The summed E-state index contributed by atoms with van der Waals surface area (Å²) in [5.41, 5.74) is 4.34. The van der Waals surface area contributed by atoms with Crippen LogP contribution in [-0.4, -0.2) is 5.67 Å². The molecule has 0 amide bonds. The van der Waals surface area contributed by atoms with Gasteiger partial charge in [-0.3, -0.25) is 0 Å². The number of hydrogen-bond acceptors (Lipinski definition) is 2. The van der Waals surface area contributed by atoms with Crippen molar-refractivity contribution in [3.63, 3.8) is 0 Å². The number of halogens is 2. The van der Waals surface area contributed by atoms with E-state index in [9.17, 15) is 4.39 Å². The second kappa shape index (κ2) is 3.44. The van der Waals surface area contributed by atoms with Gasteiger partial charge in [0.1, 0.15) is 5.67 Å². The SMILES string of the molecule is CC(C)(F)C(N)c1ccc(Br)s1. The van der Waals surface area contributed by atoms with Crippen LogP contribution in [0.1, 0.15) is 24.8 Å². The molecule has 0 aliphatic heterocycles. The van der Waals surface area contributed by atoms with Gasteiger partial charge in [0.25, 0.3) is 0 Å². The molecule has 0 radical (unpaired) electrons. The van der Waals surface area contributed by atoms with Crippen LogP contribution in [0.3, 0.4) is 0 Å². The van der Waals surface area contributed by atoms with Crippen LogP contribution in [0.5, 0.6) is 0 Å². The molecule has 1 rings (SSSR count). The van der Waals surface area contributed by atoms with Crippen LogP contribution in [0.15, 0.2) is 15.9 Å². The molecule has 68 valence electrons. The third-order valence-electron chi connectivity index (χ3n) is 1.64. The van der Waals surface area contributed by atoms with E-state index in [1.165, 1.54) is 25.2 Å². The van der Waals surface area contributed by atoms with E-state index in [2.05, 4.69) is 15.9 Å². The summed E-state index contributed by atoms with van der Waals surface area (Å²) in [4.78, 5) is 0.870. The van der Waals surface area contributed by atoms with Crippen LogP contribution in [0, 0.1) is 0 Å². The Bertz CT molecular complexity index is 266. The largest absolute Gasteiger partial charge is 0.321 e. The van der Waals surface area contributed by atoms with Crippen molar-refractivity contribution < 1.29 is 4.39 Å². The van der Waals surface area contributed by atoms with Crippen molar-refractivity contribution in [3.05, 3.63) is 20.8 Å². The minimum Gasteiger partial charge on any atom is -0.321 e. The van der Waals surface area contributed by atoms with Gasteiger partial charge in [-0.05, 0) is 41.9 Å². The molecular formula is C8H11BrFNS. The van der Waals surface area contributed by atoms with Crippen LogP contribution in [0.4, 0.5) is 4.39 Å². The highest BCUT2D eigenvalue weighted by Gasteiger charge is 2.27. The minimum atomic E-state index is -1.36. The van der Waals surface area contributed by atoms with E-state index in [0.717, 1.165) is 8.66 Å². The maximum absolute atomic E-state index is 13.3. The van der Waals surface area contributed by atoms with Crippen LogP contribution in [-0.2, 0) is 0 Å². The highest BCUT2D eigenvalue weighted by Crippen LogP contribution is 2.33. The highest BCUT2D eigenvalue weighted by atomic mass is 79.9. The van der Waals surface area contributed by atoms with Gasteiger partial charge in [0.05, 0.1) is 9.83 Å². The first-order valence-corrected chi connectivity index (χ1v) is 5.22. The van der Waals surface area contributed by atoms with Gasteiger partial charge in [-0.1, -0.05) is 0 Å². The molecule has 0 aliphatic rings. The number of alkyl halides is 1. The van der Waals surface area contributed by atoms with Gasteiger partial charge in [-0.25, -0.2) is 4.39 Å². The van der Waals surface area contributed by atoms with E-state index in [-0.39, 0.29) is 0 Å². The average molecular weight is 252 g/mol. The molecule has 1 unspecified atom stereocenters. The van der Waals surface area contributed by atoms with Gasteiger partial charge in [0.15, 0.2) is 0 Å². The second-order valence-corrected chi connectivity index (χ2v) is 5.68. The fourth-order valence-corrected chi connectivity index (χ4v) is 2.43. The van der Waals surface area contributed by atoms with E-state index in [0.29, 0.717) is 0 Å². The van der Waals surface area contributed by atoms with E-state index >= 15 is 0 Å². The molecule has 0 spiro atoms. The normalized spacial score (nSPS) is 14.8. The predicted molar refractivity (Wildman–Crippen MR) is 54.1 cm³/mol. The van der Waals surface area contributed by atoms with Crippen LogP contribution in [0.25, 0.3) is 0 Å². The summed E-state index contributed by atoms with van der Waals surface area (Å²) in [6, 6.07) is 3.19. The molecule has 0 fully saturated rings. The zero-order valence-corrected chi connectivity index (χ0v) is 9.38. The smallest absolute Gasteiger partial charge is 0.125 e. The Balaban J connectivity index is 2.85. The third-order valence-corrected chi connectivity index (χ3v) is 3.35. The third kappa shape index (κ3) is 2.28. The summed E-state index contributed by atoms with van der Waals surface area (Å²) < 4.78 is 14.3. The second-order valence-electron chi connectivity index (χ2n) is 3.18. The summed E-state index contributed by atoms with van der Waals surface area (Å²) >= 11 is 4.78. The first-order chi connectivity index (χ1) is 5.41. The van der Waals surface area contributed by atoms with Gasteiger partial charge < -0.3 is 5.73 Å². The molecule has 0 saturated carbocycles. The van der Waals surface area contributed by atoms with Crippen molar-refractivity contribution in [2.45, 2.75) is 25.6 Å². The Kier molecular flexibility index (Phi) is 2.91. The quantitative estimate of drug-likeness (QED) is 0.858. The van der Waals surface area contributed by atoms with Crippen molar-refractivity contribution in [3.8, 4) is 0 Å². The Morgan fingerprint density at radius 1 is 1.58 bits per heavy atom. The van der Waals surface area contributed by atoms with Gasteiger partial charge in [-0.2, -0.15) is 0 Å². The van der Waals surface area contributed by atoms with Crippen LogP contribution >= 0.6 is 27.3 Å². The van der Waals surface area contributed by atoms with Crippen molar-refractivity contribution in [1.29, 1.82) is 0 Å². The minimum absolute atomic E-state index is 0.534.